The van der Waals surface area contributed by atoms with Crippen molar-refractivity contribution < 1.29 is 9.53 Å². The number of carbonyl (C=O) groups is 1. The first-order valence-corrected chi connectivity index (χ1v) is 9.78. The molecule has 0 unspecified atom stereocenters. The van der Waals surface area contributed by atoms with Crippen LogP contribution in [0, 0.1) is 13.8 Å². The molecule has 0 atom stereocenters. The molecule has 0 radical (unpaired) electrons. The minimum Gasteiger partial charge on any atom is -0.492 e. The Bertz CT molecular complexity index is 1010. The van der Waals surface area contributed by atoms with Crippen molar-refractivity contribution in [1.29, 1.82) is 0 Å². The lowest BCUT2D eigenvalue weighted by Crippen LogP contribution is -2.17. The highest BCUT2D eigenvalue weighted by Crippen LogP contribution is 2.28. The van der Waals surface area contributed by atoms with E-state index in [2.05, 4.69) is 22.5 Å². The van der Waals surface area contributed by atoms with Gasteiger partial charge in [-0.15, -0.1) is 0 Å². The van der Waals surface area contributed by atoms with E-state index < -0.39 is 0 Å². The Labute approximate surface area is 157 Å². The number of nitrogens with zero attached hydrogens (tertiary/aromatic N) is 2. The Hall–Kier alpha value is -2.40. The topological polar surface area (TPSA) is 43.6 Å². The Morgan fingerprint density at radius 2 is 2.00 bits per heavy atom. The summed E-state index contributed by atoms with van der Waals surface area (Å²) in [6.07, 6.45) is 0.956. The van der Waals surface area contributed by atoms with Crippen molar-refractivity contribution in [2.45, 2.75) is 40.7 Å². The van der Waals surface area contributed by atoms with Crippen LogP contribution in [0.25, 0.3) is 10.2 Å². The van der Waals surface area contributed by atoms with Crippen LogP contribution in [0.1, 0.15) is 41.8 Å². The third-order valence-electron chi connectivity index (χ3n) is 4.22. The van der Waals surface area contributed by atoms with Gasteiger partial charge in [0.05, 0.1) is 11.3 Å². The van der Waals surface area contributed by atoms with Crippen LogP contribution in [-0.2, 0) is 6.54 Å². The lowest BCUT2D eigenvalue weighted by atomic mass is 10.1. The quantitative estimate of drug-likeness (QED) is 0.645. The number of aromatic nitrogens is 1. The average Bonchev–Trinajstić information content (AvgIpc) is 2.94. The molecule has 0 saturated heterocycles. The summed E-state index contributed by atoms with van der Waals surface area (Å²) in [5, 5.41) is 0. The molecule has 4 nitrogen and oxygen atoms in total. The number of amides is 1. The molecule has 5 heteroatoms. The van der Waals surface area contributed by atoms with E-state index in [4.69, 9.17) is 4.74 Å². The minimum atomic E-state index is -0.197. The molecule has 3 rings (SSSR count). The van der Waals surface area contributed by atoms with Crippen LogP contribution >= 0.6 is 11.3 Å². The molecule has 0 saturated carbocycles. The zero-order valence-electron chi connectivity index (χ0n) is 15.7. The van der Waals surface area contributed by atoms with Gasteiger partial charge in [0, 0.05) is 12.1 Å². The van der Waals surface area contributed by atoms with Gasteiger partial charge in [-0.25, -0.2) is 0 Å². The summed E-state index contributed by atoms with van der Waals surface area (Å²) < 4.78 is 8.98. The molecule has 0 aliphatic heterocycles. The zero-order valence-corrected chi connectivity index (χ0v) is 16.5. The Morgan fingerprint density at radius 1 is 1.19 bits per heavy atom. The van der Waals surface area contributed by atoms with Crippen molar-refractivity contribution in [3.05, 3.63) is 57.9 Å². The van der Waals surface area contributed by atoms with Crippen LogP contribution in [0.15, 0.2) is 41.4 Å². The highest BCUT2D eigenvalue weighted by molar-refractivity contribution is 7.16. The summed E-state index contributed by atoms with van der Waals surface area (Å²) in [5.74, 6) is 0.645. The number of para-hydroxylation sites is 1. The molecular weight excluding hydrogens is 344 g/mol. The number of hydrogen-bond acceptors (Lipinski definition) is 3. The van der Waals surface area contributed by atoms with E-state index in [0.717, 1.165) is 44.9 Å². The summed E-state index contributed by atoms with van der Waals surface area (Å²) in [5.41, 5.74) is 3.77. The molecule has 136 valence electrons. The first-order chi connectivity index (χ1) is 12.5. The molecule has 0 bridgehead atoms. The van der Waals surface area contributed by atoms with E-state index in [1.807, 2.05) is 51.1 Å². The van der Waals surface area contributed by atoms with Gasteiger partial charge in [-0.3, -0.25) is 4.79 Å². The maximum Gasteiger partial charge on any atom is 0.279 e. The smallest absolute Gasteiger partial charge is 0.279 e. The van der Waals surface area contributed by atoms with Gasteiger partial charge in [0.25, 0.3) is 5.91 Å². The van der Waals surface area contributed by atoms with Gasteiger partial charge in [-0.1, -0.05) is 42.0 Å². The van der Waals surface area contributed by atoms with E-state index in [-0.39, 0.29) is 5.91 Å². The lowest BCUT2D eigenvalue weighted by molar-refractivity contribution is 0.0997. The summed E-state index contributed by atoms with van der Waals surface area (Å²) in [6.45, 7) is 9.47. The first kappa shape index (κ1) is 18.4. The highest BCUT2D eigenvalue weighted by atomic mass is 32.1. The molecule has 0 spiro atoms. The number of hydrogen-bond donors (Lipinski definition) is 0. The number of fused-ring (bicyclic) bond motifs is 1. The van der Waals surface area contributed by atoms with Gasteiger partial charge in [-0.2, -0.15) is 4.99 Å². The van der Waals surface area contributed by atoms with E-state index in [0.29, 0.717) is 12.2 Å². The van der Waals surface area contributed by atoms with Crippen molar-refractivity contribution in [1.82, 2.24) is 4.57 Å². The summed E-state index contributed by atoms with van der Waals surface area (Å²) in [6, 6.07) is 11.8. The summed E-state index contributed by atoms with van der Waals surface area (Å²) in [4.78, 5) is 18.0. The van der Waals surface area contributed by atoms with Crippen LogP contribution < -0.4 is 9.54 Å². The summed E-state index contributed by atoms with van der Waals surface area (Å²) in [7, 11) is 0. The predicted octanol–water partition coefficient (Wildman–Crippen LogP) is 4.87. The highest BCUT2D eigenvalue weighted by Gasteiger charge is 2.13. The molecule has 1 amide bonds. The van der Waals surface area contributed by atoms with E-state index in [1.54, 1.807) is 0 Å². The molecule has 26 heavy (non-hydrogen) atoms. The van der Waals surface area contributed by atoms with Gasteiger partial charge in [-0.05, 0) is 51.0 Å². The van der Waals surface area contributed by atoms with E-state index in [1.165, 1.54) is 11.3 Å². The van der Waals surface area contributed by atoms with Crippen LogP contribution in [0.3, 0.4) is 0 Å². The third kappa shape index (κ3) is 3.58. The molecular formula is C21H24N2O2S. The number of rotatable bonds is 5. The minimum absolute atomic E-state index is 0.197. The molecule has 1 aromatic heterocycles. The largest absolute Gasteiger partial charge is 0.492 e. The van der Waals surface area contributed by atoms with Gasteiger partial charge in [0.1, 0.15) is 11.3 Å². The maximum absolute atomic E-state index is 12.8. The second-order valence-electron chi connectivity index (χ2n) is 6.31. The normalized spacial score (nSPS) is 11.9. The van der Waals surface area contributed by atoms with Crippen LogP contribution in [0.2, 0.25) is 0 Å². The van der Waals surface area contributed by atoms with Crippen molar-refractivity contribution >= 4 is 27.5 Å². The second-order valence-corrected chi connectivity index (χ2v) is 7.32. The SMILES string of the molecule is CCCn1c(=NC(=O)c2ccc(C)cc2C)sc2cccc(OCC)c21. The zero-order chi connectivity index (χ0) is 18.7. The van der Waals surface area contributed by atoms with Crippen LogP contribution in [0.5, 0.6) is 5.75 Å². The summed E-state index contributed by atoms with van der Waals surface area (Å²) >= 11 is 1.53. The van der Waals surface area contributed by atoms with E-state index in [9.17, 15) is 4.79 Å². The van der Waals surface area contributed by atoms with Crippen molar-refractivity contribution in [2.75, 3.05) is 6.61 Å². The fourth-order valence-electron chi connectivity index (χ4n) is 3.09. The second kappa shape index (κ2) is 7.87. The number of aryl methyl sites for hydroxylation is 3. The molecule has 1 heterocycles. The standard InChI is InChI=1S/C21H24N2O2S/c1-5-12-23-19-17(25-6-2)8-7-9-18(19)26-21(23)22-20(24)16-11-10-14(3)13-15(16)4/h7-11,13H,5-6,12H2,1-4H3. The van der Waals surface area contributed by atoms with Crippen LogP contribution in [0.4, 0.5) is 0 Å². The Kier molecular flexibility index (Phi) is 5.57. The van der Waals surface area contributed by atoms with Gasteiger partial charge < -0.3 is 9.30 Å². The van der Waals surface area contributed by atoms with E-state index >= 15 is 0 Å². The average molecular weight is 369 g/mol. The van der Waals surface area contributed by atoms with Crippen molar-refractivity contribution in [2.24, 2.45) is 4.99 Å². The van der Waals surface area contributed by atoms with Crippen molar-refractivity contribution in [3.63, 3.8) is 0 Å². The van der Waals surface area contributed by atoms with Gasteiger partial charge in [0.2, 0.25) is 0 Å². The molecule has 0 aliphatic carbocycles. The molecule has 3 aromatic rings. The number of benzene rings is 2. The fourth-order valence-corrected chi connectivity index (χ4v) is 4.16. The van der Waals surface area contributed by atoms with Gasteiger partial charge in [0.15, 0.2) is 4.80 Å². The number of thiazole rings is 1. The Balaban J connectivity index is 2.17. The Morgan fingerprint density at radius 3 is 2.69 bits per heavy atom. The van der Waals surface area contributed by atoms with Gasteiger partial charge >= 0.3 is 0 Å². The molecule has 0 aliphatic rings. The molecule has 2 aromatic carbocycles. The van der Waals surface area contributed by atoms with Crippen LogP contribution in [-0.4, -0.2) is 17.1 Å². The molecule has 0 fully saturated rings. The molecule has 0 N–H and O–H groups in total. The first-order valence-electron chi connectivity index (χ1n) is 8.96. The van der Waals surface area contributed by atoms with Crippen molar-refractivity contribution in [3.8, 4) is 5.75 Å². The number of ether oxygens (including phenoxy) is 1. The fraction of sp³-hybridized carbons (Fsp3) is 0.333. The monoisotopic (exact) mass is 368 g/mol. The number of carbonyl (C=O) groups excluding carboxylic acids is 1. The third-order valence-corrected chi connectivity index (χ3v) is 5.26. The maximum atomic E-state index is 12.8. The predicted molar refractivity (Wildman–Crippen MR) is 107 cm³/mol. The lowest BCUT2D eigenvalue weighted by Gasteiger charge is -2.08.